The van der Waals surface area contributed by atoms with Gasteiger partial charge in [0, 0.05) is 6.61 Å². The smallest absolute Gasteiger partial charge is 0.338 e. The molecule has 5 heteroatoms. The molecule has 4 nitrogen and oxygen atoms in total. The Bertz CT molecular complexity index is 416. The largest absolute Gasteiger partial charge is 0.456 e. The van der Waals surface area contributed by atoms with Crippen LogP contribution in [0.4, 0.5) is 5.69 Å². The first-order valence-electron chi connectivity index (χ1n) is 5.50. The maximum atomic E-state index is 11.8. The van der Waals surface area contributed by atoms with Gasteiger partial charge in [0.1, 0.15) is 6.10 Å². The highest BCUT2D eigenvalue weighted by Gasteiger charge is 2.19. The van der Waals surface area contributed by atoms with Gasteiger partial charge < -0.3 is 15.2 Å². The van der Waals surface area contributed by atoms with Crippen LogP contribution in [-0.2, 0) is 9.47 Å². The lowest BCUT2D eigenvalue weighted by Gasteiger charge is -2.22. The Kier molecular flexibility index (Phi) is 3.86. The number of esters is 1. The quantitative estimate of drug-likeness (QED) is 0.650. The van der Waals surface area contributed by atoms with Crippen molar-refractivity contribution in [3.05, 3.63) is 28.8 Å². The van der Waals surface area contributed by atoms with E-state index in [1.807, 2.05) is 0 Å². The first kappa shape index (κ1) is 12.2. The van der Waals surface area contributed by atoms with Crippen molar-refractivity contribution >= 4 is 23.3 Å². The van der Waals surface area contributed by atoms with Crippen LogP contribution in [0.25, 0.3) is 0 Å². The monoisotopic (exact) mass is 255 g/mol. The van der Waals surface area contributed by atoms with E-state index in [1.54, 1.807) is 12.1 Å². The van der Waals surface area contributed by atoms with Crippen molar-refractivity contribution in [3.63, 3.8) is 0 Å². The van der Waals surface area contributed by atoms with Gasteiger partial charge in [-0.05, 0) is 31.0 Å². The highest BCUT2D eigenvalue weighted by Crippen LogP contribution is 2.21. The molecule has 0 spiro atoms. The molecule has 92 valence electrons. The SMILES string of the molecule is Nc1ccc(C(=O)OC2CCCOC2)cc1Cl. The van der Waals surface area contributed by atoms with Crippen LogP contribution in [0, 0.1) is 0 Å². The summed E-state index contributed by atoms with van der Waals surface area (Å²) >= 11 is 5.84. The van der Waals surface area contributed by atoms with Crippen molar-refractivity contribution in [2.75, 3.05) is 18.9 Å². The molecule has 2 rings (SSSR count). The molecule has 1 atom stereocenters. The Morgan fingerprint density at radius 1 is 1.53 bits per heavy atom. The standard InChI is InChI=1S/C12H14ClNO3/c13-10-6-8(3-4-11(10)14)12(15)17-9-2-1-5-16-7-9/h3-4,6,9H,1-2,5,7,14H2. The molecule has 2 N–H and O–H groups in total. The maximum Gasteiger partial charge on any atom is 0.338 e. The van der Waals surface area contributed by atoms with Crippen molar-refractivity contribution < 1.29 is 14.3 Å². The number of carbonyl (C=O) groups is 1. The van der Waals surface area contributed by atoms with Gasteiger partial charge in [0.2, 0.25) is 0 Å². The molecule has 1 aliphatic heterocycles. The molecule has 17 heavy (non-hydrogen) atoms. The Hall–Kier alpha value is -1.26. The summed E-state index contributed by atoms with van der Waals surface area (Å²) < 4.78 is 10.5. The fourth-order valence-corrected chi connectivity index (χ4v) is 1.86. The zero-order chi connectivity index (χ0) is 12.3. The fourth-order valence-electron chi connectivity index (χ4n) is 1.68. The van der Waals surface area contributed by atoms with E-state index in [4.69, 9.17) is 26.8 Å². The third-order valence-corrected chi connectivity index (χ3v) is 2.96. The number of carbonyl (C=O) groups excluding carboxylic acids is 1. The molecule has 0 radical (unpaired) electrons. The lowest BCUT2D eigenvalue weighted by molar-refractivity contribution is -0.0305. The van der Waals surface area contributed by atoms with Crippen LogP contribution < -0.4 is 5.73 Å². The highest BCUT2D eigenvalue weighted by molar-refractivity contribution is 6.33. The second kappa shape index (κ2) is 5.38. The summed E-state index contributed by atoms with van der Waals surface area (Å²) in [6.07, 6.45) is 1.60. The molecule has 0 amide bonds. The van der Waals surface area contributed by atoms with Crippen LogP contribution in [0.15, 0.2) is 18.2 Å². The number of nitrogens with two attached hydrogens (primary N) is 1. The molecule has 1 unspecified atom stereocenters. The molecular formula is C12H14ClNO3. The zero-order valence-corrected chi connectivity index (χ0v) is 10.1. The normalized spacial score (nSPS) is 19.9. The fraction of sp³-hybridized carbons (Fsp3) is 0.417. The molecule has 0 aromatic heterocycles. The average molecular weight is 256 g/mol. The molecule has 0 aliphatic carbocycles. The zero-order valence-electron chi connectivity index (χ0n) is 9.32. The van der Waals surface area contributed by atoms with E-state index >= 15 is 0 Å². The van der Waals surface area contributed by atoms with Crippen molar-refractivity contribution in [1.82, 2.24) is 0 Å². The van der Waals surface area contributed by atoms with E-state index in [-0.39, 0.29) is 12.1 Å². The molecule has 0 bridgehead atoms. The number of nitrogen functional groups attached to an aromatic ring is 1. The van der Waals surface area contributed by atoms with Crippen LogP contribution in [-0.4, -0.2) is 25.3 Å². The molecule has 1 saturated heterocycles. The van der Waals surface area contributed by atoms with Gasteiger partial charge >= 0.3 is 5.97 Å². The topological polar surface area (TPSA) is 61.6 Å². The third kappa shape index (κ3) is 3.11. The molecule has 1 aliphatic rings. The first-order valence-corrected chi connectivity index (χ1v) is 5.88. The van der Waals surface area contributed by atoms with Crippen LogP contribution in [0.1, 0.15) is 23.2 Å². The van der Waals surface area contributed by atoms with Crippen LogP contribution in [0.3, 0.4) is 0 Å². The van der Waals surface area contributed by atoms with Crippen LogP contribution >= 0.6 is 11.6 Å². The van der Waals surface area contributed by atoms with Gasteiger partial charge in [-0.2, -0.15) is 0 Å². The summed E-state index contributed by atoms with van der Waals surface area (Å²) in [6, 6.07) is 4.71. The van der Waals surface area contributed by atoms with Gasteiger partial charge in [0.05, 0.1) is 22.9 Å². The van der Waals surface area contributed by atoms with Gasteiger partial charge in [-0.25, -0.2) is 4.79 Å². The van der Waals surface area contributed by atoms with Crippen molar-refractivity contribution in [1.29, 1.82) is 0 Å². The number of benzene rings is 1. The van der Waals surface area contributed by atoms with Crippen molar-refractivity contribution in [2.45, 2.75) is 18.9 Å². The number of ether oxygens (including phenoxy) is 2. The second-order valence-electron chi connectivity index (χ2n) is 3.98. The summed E-state index contributed by atoms with van der Waals surface area (Å²) in [7, 11) is 0. The minimum absolute atomic E-state index is 0.160. The first-order chi connectivity index (χ1) is 8.16. The van der Waals surface area contributed by atoms with E-state index in [0.29, 0.717) is 22.9 Å². The Morgan fingerprint density at radius 3 is 3.00 bits per heavy atom. The lowest BCUT2D eigenvalue weighted by atomic mass is 10.1. The van der Waals surface area contributed by atoms with Crippen LogP contribution in [0.2, 0.25) is 5.02 Å². The maximum absolute atomic E-state index is 11.8. The van der Waals surface area contributed by atoms with Gasteiger partial charge in [0.25, 0.3) is 0 Å². The molecule has 1 aromatic carbocycles. The van der Waals surface area contributed by atoms with Crippen molar-refractivity contribution in [2.24, 2.45) is 0 Å². The van der Waals surface area contributed by atoms with E-state index in [9.17, 15) is 4.79 Å². The Morgan fingerprint density at radius 2 is 2.35 bits per heavy atom. The third-order valence-electron chi connectivity index (χ3n) is 2.63. The summed E-state index contributed by atoms with van der Waals surface area (Å²) in [5.41, 5.74) is 6.43. The second-order valence-corrected chi connectivity index (χ2v) is 4.39. The summed E-state index contributed by atoms with van der Waals surface area (Å²) in [4.78, 5) is 11.8. The van der Waals surface area contributed by atoms with E-state index in [0.717, 1.165) is 19.4 Å². The number of rotatable bonds is 2. The average Bonchev–Trinajstić information content (AvgIpc) is 2.34. The van der Waals surface area contributed by atoms with E-state index in [2.05, 4.69) is 0 Å². The molecule has 1 aromatic rings. The van der Waals surface area contributed by atoms with E-state index in [1.165, 1.54) is 6.07 Å². The number of hydrogen-bond donors (Lipinski definition) is 1. The minimum atomic E-state index is -0.387. The number of halogens is 1. The predicted molar refractivity (Wildman–Crippen MR) is 65.1 cm³/mol. The Labute approximate surface area is 105 Å². The van der Waals surface area contributed by atoms with Gasteiger partial charge in [-0.1, -0.05) is 11.6 Å². The molecular weight excluding hydrogens is 242 g/mol. The van der Waals surface area contributed by atoms with Crippen molar-refractivity contribution in [3.8, 4) is 0 Å². The van der Waals surface area contributed by atoms with Crippen LogP contribution in [0.5, 0.6) is 0 Å². The summed E-state index contributed by atoms with van der Waals surface area (Å²) in [5.74, 6) is -0.387. The van der Waals surface area contributed by atoms with Gasteiger partial charge in [-0.3, -0.25) is 0 Å². The van der Waals surface area contributed by atoms with Gasteiger partial charge in [-0.15, -0.1) is 0 Å². The lowest BCUT2D eigenvalue weighted by Crippen LogP contribution is -2.28. The molecule has 1 heterocycles. The molecule has 1 fully saturated rings. The minimum Gasteiger partial charge on any atom is -0.456 e. The highest BCUT2D eigenvalue weighted by atomic mass is 35.5. The summed E-state index contributed by atoms with van der Waals surface area (Å²) in [6.45, 7) is 1.20. The van der Waals surface area contributed by atoms with E-state index < -0.39 is 0 Å². The Balaban J connectivity index is 2.01. The number of anilines is 1. The number of hydrogen-bond acceptors (Lipinski definition) is 4. The molecule has 0 saturated carbocycles. The van der Waals surface area contributed by atoms with Gasteiger partial charge in [0.15, 0.2) is 0 Å². The summed E-state index contributed by atoms with van der Waals surface area (Å²) in [5, 5.41) is 0.361. The predicted octanol–water partition coefficient (Wildman–Crippen LogP) is 2.26.